The van der Waals surface area contributed by atoms with Crippen LogP contribution in [0.1, 0.15) is 75.8 Å². The zero-order valence-corrected chi connectivity index (χ0v) is 21.3. The Morgan fingerprint density at radius 2 is 2.00 bits per heavy atom. The summed E-state index contributed by atoms with van der Waals surface area (Å²) in [5.41, 5.74) is -1.33. The van der Waals surface area contributed by atoms with E-state index in [4.69, 9.17) is 9.26 Å². The Balaban J connectivity index is 2.05. The lowest BCUT2D eigenvalue weighted by Crippen LogP contribution is -2.39. The molecule has 0 saturated carbocycles. The summed E-state index contributed by atoms with van der Waals surface area (Å²) in [5.74, 6) is -0.916. The predicted molar refractivity (Wildman–Crippen MR) is 127 cm³/mol. The third-order valence-corrected chi connectivity index (χ3v) is 6.31. The Morgan fingerprint density at radius 1 is 1.32 bits per heavy atom. The van der Waals surface area contributed by atoms with Crippen LogP contribution in [0.3, 0.4) is 0 Å². The summed E-state index contributed by atoms with van der Waals surface area (Å²) >= 11 is 1.26. The van der Waals surface area contributed by atoms with Gasteiger partial charge in [-0.05, 0) is 61.0 Å². The van der Waals surface area contributed by atoms with Gasteiger partial charge in [-0.3, -0.25) is 10.3 Å². The van der Waals surface area contributed by atoms with Gasteiger partial charge in [0.1, 0.15) is 23.0 Å². The van der Waals surface area contributed by atoms with E-state index in [2.05, 4.69) is 15.5 Å². The monoisotopic (exact) mass is 495 g/mol. The van der Waals surface area contributed by atoms with Crippen LogP contribution in [0.2, 0.25) is 0 Å². The largest absolute Gasteiger partial charge is 0.444 e. The molecule has 34 heavy (non-hydrogen) atoms. The molecule has 1 aromatic heterocycles. The molecule has 2 N–H and O–H groups in total. The average Bonchev–Trinajstić information content (AvgIpc) is 2.97. The van der Waals surface area contributed by atoms with E-state index in [1.807, 2.05) is 0 Å². The summed E-state index contributed by atoms with van der Waals surface area (Å²) < 4.78 is 39.3. The van der Waals surface area contributed by atoms with Gasteiger partial charge in [-0.2, -0.15) is 0 Å². The number of ether oxygens (including phenoxy) is 1. The van der Waals surface area contributed by atoms with Crippen LogP contribution >= 0.6 is 11.8 Å². The molecule has 1 aromatic carbocycles. The maximum Gasteiger partial charge on any atom is 0.413 e. The molecule has 0 spiro atoms. The van der Waals surface area contributed by atoms with Crippen LogP contribution in [-0.2, 0) is 16.7 Å². The summed E-state index contributed by atoms with van der Waals surface area (Å²) in [5, 5.41) is 17.0. The van der Waals surface area contributed by atoms with Crippen LogP contribution in [0.25, 0.3) is 0 Å². The first-order valence-electron chi connectivity index (χ1n) is 11.0. The number of alkyl carbamates (subject to hydrolysis) is 1. The van der Waals surface area contributed by atoms with Crippen molar-refractivity contribution in [2.75, 3.05) is 0 Å². The highest BCUT2D eigenvalue weighted by Crippen LogP contribution is 2.49. The van der Waals surface area contributed by atoms with Crippen molar-refractivity contribution in [1.82, 2.24) is 10.5 Å². The lowest BCUT2D eigenvalue weighted by molar-refractivity contribution is 0.0563. The lowest BCUT2D eigenvalue weighted by atomic mass is 9.84. The van der Waals surface area contributed by atoms with E-state index in [1.54, 1.807) is 48.5 Å². The van der Waals surface area contributed by atoms with Crippen molar-refractivity contribution in [2.24, 2.45) is 4.99 Å². The van der Waals surface area contributed by atoms with Gasteiger partial charge >= 0.3 is 6.09 Å². The van der Waals surface area contributed by atoms with Crippen molar-refractivity contribution < 1.29 is 27.9 Å². The van der Waals surface area contributed by atoms with Gasteiger partial charge in [-0.1, -0.05) is 23.0 Å². The molecule has 1 amide bonds. The molecule has 0 unspecified atom stereocenters. The topological polar surface area (TPSA) is 97.0 Å². The number of halogens is 2. The summed E-state index contributed by atoms with van der Waals surface area (Å²) in [6, 6.07) is 3.37. The fourth-order valence-electron chi connectivity index (χ4n) is 3.90. The fourth-order valence-corrected chi connectivity index (χ4v) is 5.39. The second-order valence-electron chi connectivity index (χ2n) is 10.3. The van der Waals surface area contributed by atoms with E-state index < -0.39 is 34.5 Å². The minimum atomic E-state index is -1.13. The molecule has 3 rings (SSSR count). The number of aryl methyl sites for hydroxylation is 1. The third-order valence-electron chi connectivity index (χ3n) is 5.20. The van der Waals surface area contributed by atoms with Crippen LogP contribution in [-0.4, -0.2) is 32.7 Å². The highest BCUT2D eigenvalue weighted by atomic mass is 32.2. The third kappa shape index (κ3) is 6.35. The van der Waals surface area contributed by atoms with Gasteiger partial charge in [0.2, 0.25) is 0 Å². The highest BCUT2D eigenvalue weighted by Gasteiger charge is 2.41. The van der Waals surface area contributed by atoms with E-state index in [0.29, 0.717) is 17.9 Å². The van der Waals surface area contributed by atoms with Crippen molar-refractivity contribution in [3.05, 3.63) is 52.4 Å². The normalized spacial score (nSPS) is 21.2. The Kier molecular flexibility index (Phi) is 7.15. The van der Waals surface area contributed by atoms with E-state index in [-0.39, 0.29) is 22.4 Å². The number of benzene rings is 1. The number of amides is 1. The van der Waals surface area contributed by atoms with Crippen LogP contribution in [0.4, 0.5) is 13.6 Å². The molecule has 1 aliphatic rings. The van der Waals surface area contributed by atoms with Gasteiger partial charge in [0.25, 0.3) is 0 Å². The minimum Gasteiger partial charge on any atom is -0.444 e. The Hall–Kier alpha value is -2.46. The first-order valence-corrected chi connectivity index (χ1v) is 11.8. The molecule has 0 radical (unpaired) electrons. The summed E-state index contributed by atoms with van der Waals surface area (Å²) in [4.78, 5) is 17.1. The predicted octanol–water partition coefficient (Wildman–Crippen LogP) is 5.55. The second-order valence-corrected chi connectivity index (χ2v) is 11.5. The summed E-state index contributed by atoms with van der Waals surface area (Å²) in [6.07, 6.45) is -0.158. The molecule has 7 nitrogen and oxygen atoms in total. The molecule has 0 fully saturated rings. The number of nitrogens with zero attached hydrogens (tertiary/aromatic N) is 2. The zero-order valence-electron chi connectivity index (χ0n) is 20.5. The van der Waals surface area contributed by atoms with Crippen molar-refractivity contribution >= 4 is 23.0 Å². The minimum absolute atomic E-state index is 0.195. The van der Waals surface area contributed by atoms with Gasteiger partial charge in [-0.15, -0.1) is 0 Å². The molecular formula is C24H31F2N3O4S. The van der Waals surface area contributed by atoms with Gasteiger partial charge < -0.3 is 14.4 Å². The number of amidine groups is 1. The molecule has 0 bridgehead atoms. The maximum absolute atomic E-state index is 14.9. The zero-order chi connectivity index (χ0) is 25.5. The van der Waals surface area contributed by atoms with Gasteiger partial charge in [0.15, 0.2) is 5.17 Å². The number of rotatable bonds is 4. The number of aromatic nitrogens is 1. The number of aliphatic imine (C=N–C) groups is 1. The van der Waals surface area contributed by atoms with Gasteiger partial charge in [-0.25, -0.2) is 13.6 Å². The number of carbonyl (C=O) groups is 1. The Bertz CT molecular complexity index is 1100. The quantitative estimate of drug-likeness (QED) is 0.577. The van der Waals surface area contributed by atoms with Crippen LogP contribution in [0.15, 0.2) is 27.7 Å². The fraction of sp³-hybridized carbons (Fsp3) is 0.542. The van der Waals surface area contributed by atoms with E-state index in [0.717, 1.165) is 11.6 Å². The molecule has 10 heteroatoms. The number of nitrogens with one attached hydrogen (secondary N) is 1. The molecule has 2 aromatic rings. The molecule has 186 valence electrons. The van der Waals surface area contributed by atoms with Crippen molar-refractivity contribution in [2.45, 2.75) is 83.3 Å². The summed E-state index contributed by atoms with van der Waals surface area (Å²) in [7, 11) is 0. The van der Waals surface area contributed by atoms with E-state index in [9.17, 15) is 18.7 Å². The number of thioether (sulfide) groups is 1. The Morgan fingerprint density at radius 3 is 2.59 bits per heavy atom. The van der Waals surface area contributed by atoms with Crippen molar-refractivity contribution in [1.29, 1.82) is 0 Å². The number of carbonyl (C=O) groups excluding carboxylic acids is 1. The first kappa shape index (κ1) is 26.2. The highest BCUT2D eigenvalue weighted by molar-refractivity contribution is 8.14. The first-order chi connectivity index (χ1) is 15.6. The van der Waals surface area contributed by atoms with Crippen molar-refractivity contribution in [3.63, 3.8) is 0 Å². The SMILES string of the molecule is Cc1noc(CC(C)(C)O)c1[C@@H]1C[C@@](C)(c2ccc(F)cc2F)N=C(NC(=O)OC(C)(C)C)S1. The number of hydrogen-bond donors (Lipinski definition) is 2. The van der Waals surface area contributed by atoms with Gasteiger partial charge in [0, 0.05) is 28.9 Å². The Labute approximate surface area is 202 Å². The van der Waals surface area contributed by atoms with Crippen molar-refractivity contribution in [3.8, 4) is 0 Å². The molecule has 2 heterocycles. The van der Waals surface area contributed by atoms with E-state index >= 15 is 0 Å². The molecule has 2 atom stereocenters. The molecule has 1 aliphatic heterocycles. The average molecular weight is 496 g/mol. The van der Waals surface area contributed by atoms with E-state index in [1.165, 1.54) is 23.9 Å². The molecule has 0 saturated heterocycles. The lowest BCUT2D eigenvalue weighted by Gasteiger charge is -2.36. The standard InChI is InChI=1S/C24H31F2N3O4S/c1-13-19(17(33-29-13)11-23(5,6)31)18-12-24(7,15-9-8-14(25)10-16(15)26)28-20(34-18)27-21(30)32-22(2,3)4/h8-10,18,31H,11-12H2,1-7H3,(H,27,28,30)/t18-,24-/m0/s1. The smallest absolute Gasteiger partial charge is 0.413 e. The summed E-state index contributed by atoms with van der Waals surface area (Å²) in [6.45, 7) is 12.1. The number of aliphatic hydroxyl groups is 1. The van der Waals surface area contributed by atoms with Crippen LogP contribution < -0.4 is 5.32 Å². The van der Waals surface area contributed by atoms with Crippen LogP contribution in [0, 0.1) is 18.6 Å². The molecular weight excluding hydrogens is 464 g/mol. The maximum atomic E-state index is 14.9. The second kappa shape index (κ2) is 9.30. The van der Waals surface area contributed by atoms with Crippen LogP contribution in [0.5, 0.6) is 0 Å². The van der Waals surface area contributed by atoms with Gasteiger partial charge in [0.05, 0.1) is 16.8 Å². The molecule has 0 aliphatic carbocycles. The number of hydrogen-bond acceptors (Lipinski definition) is 7.